The first kappa shape index (κ1) is 58.9. The summed E-state index contributed by atoms with van der Waals surface area (Å²) in [4.78, 5) is 46.1. The summed E-state index contributed by atoms with van der Waals surface area (Å²) in [6, 6.07) is -1.53. The molecule has 0 amide bonds. The summed E-state index contributed by atoms with van der Waals surface area (Å²) in [7, 11) is -4.73. The van der Waals surface area contributed by atoms with E-state index in [1.165, 1.54) is 83.5 Å². The SMILES string of the molecule is CC/C=C/C/C=C/C/C=C/C/C=C/C/C=C/CCCCCC(=O)OC[C@H](COP(=O)(O)OC[C@H](N)C(=O)O)OC(=O)CCCCCCCCCCC/C=C/CCCCCCCC. The highest BCUT2D eigenvalue weighted by atomic mass is 31.2. The van der Waals surface area contributed by atoms with Crippen LogP contribution in [0.3, 0.4) is 0 Å². The first-order valence-corrected chi connectivity index (χ1v) is 25.5. The fourth-order valence-electron chi connectivity index (χ4n) is 6.20. The molecule has 0 aromatic heterocycles. The van der Waals surface area contributed by atoms with Gasteiger partial charge in [-0.25, -0.2) is 4.57 Å². The van der Waals surface area contributed by atoms with E-state index >= 15 is 0 Å². The molecule has 62 heavy (non-hydrogen) atoms. The third-order valence-corrected chi connectivity index (χ3v) is 10.9. The Kier molecular flexibility index (Phi) is 42.3. The Balaban J connectivity index is 4.37. The van der Waals surface area contributed by atoms with Gasteiger partial charge in [-0.05, 0) is 83.5 Å². The second kappa shape index (κ2) is 44.5. The van der Waals surface area contributed by atoms with Crippen molar-refractivity contribution in [1.82, 2.24) is 0 Å². The molecule has 0 heterocycles. The van der Waals surface area contributed by atoms with Crippen molar-refractivity contribution in [1.29, 1.82) is 0 Å². The zero-order valence-electron chi connectivity index (χ0n) is 38.7. The summed E-state index contributed by atoms with van der Waals surface area (Å²) in [6.45, 7) is 2.66. The maximum Gasteiger partial charge on any atom is 0.472 e. The summed E-state index contributed by atoms with van der Waals surface area (Å²) < 4.78 is 32.8. The second-order valence-electron chi connectivity index (χ2n) is 15.9. The van der Waals surface area contributed by atoms with Crippen LogP contribution >= 0.6 is 7.82 Å². The van der Waals surface area contributed by atoms with Gasteiger partial charge in [0.05, 0.1) is 13.2 Å². The first-order valence-electron chi connectivity index (χ1n) is 24.0. The highest BCUT2D eigenvalue weighted by molar-refractivity contribution is 7.47. The number of carboxylic acid groups (broad SMARTS) is 1. The molecular formula is C50H86NO10P. The number of aliphatic carboxylic acids is 1. The van der Waals surface area contributed by atoms with Gasteiger partial charge in [-0.15, -0.1) is 0 Å². The van der Waals surface area contributed by atoms with Crippen LogP contribution in [0.15, 0.2) is 72.9 Å². The molecule has 3 atom stereocenters. The van der Waals surface area contributed by atoms with Gasteiger partial charge in [-0.2, -0.15) is 0 Å². The van der Waals surface area contributed by atoms with Gasteiger partial charge in [-0.3, -0.25) is 23.4 Å². The average molecular weight is 892 g/mol. The molecule has 0 rings (SSSR count). The Morgan fingerprint density at radius 2 is 0.903 bits per heavy atom. The van der Waals surface area contributed by atoms with E-state index in [9.17, 15) is 23.8 Å². The molecule has 0 aliphatic heterocycles. The molecule has 1 unspecified atom stereocenters. The average Bonchev–Trinajstić information content (AvgIpc) is 3.25. The van der Waals surface area contributed by atoms with Crippen LogP contribution in [-0.4, -0.2) is 59.9 Å². The number of carbonyl (C=O) groups is 3. The number of nitrogens with two attached hydrogens (primary N) is 1. The van der Waals surface area contributed by atoms with E-state index in [4.69, 9.17) is 24.8 Å². The van der Waals surface area contributed by atoms with Crippen molar-refractivity contribution in [2.75, 3.05) is 19.8 Å². The molecule has 0 aromatic carbocycles. The van der Waals surface area contributed by atoms with Crippen LogP contribution in [0.5, 0.6) is 0 Å². The Morgan fingerprint density at radius 3 is 1.39 bits per heavy atom. The molecule has 0 saturated heterocycles. The predicted molar refractivity (Wildman–Crippen MR) is 254 cm³/mol. The molecule has 0 radical (unpaired) electrons. The number of unbranched alkanes of at least 4 members (excludes halogenated alkanes) is 18. The van der Waals surface area contributed by atoms with Gasteiger partial charge in [0.2, 0.25) is 0 Å². The van der Waals surface area contributed by atoms with E-state index in [0.717, 1.165) is 70.6 Å². The summed E-state index contributed by atoms with van der Waals surface area (Å²) in [6.07, 6.45) is 53.9. The number of allylic oxidation sites excluding steroid dienone is 12. The number of phosphoric acid groups is 1. The van der Waals surface area contributed by atoms with Gasteiger partial charge in [0.1, 0.15) is 12.6 Å². The molecule has 0 saturated carbocycles. The molecule has 0 bridgehead atoms. The standard InChI is InChI=1S/C50H86NO10P/c1-3-5-7-9-11-13-15-17-19-21-23-25-27-29-31-33-35-37-39-41-48(52)58-43-46(44-59-62(56,57)60-45-47(51)50(54)55)61-49(53)42-40-38-36-34-32-30-28-26-24-22-20-18-16-14-12-10-8-6-4-2/h5,7,11,13,17-20,23,25,29,31,46-47H,3-4,6,8-10,12,14-16,21-22,24,26-28,30,32-45,51H2,1-2H3,(H,54,55)(H,56,57)/b7-5+,13-11+,19-17+,20-18+,25-23+,31-29+/t46-,47+/m1/s1. The number of phosphoric ester groups is 1. The van der Waals surface area contributed by atoms with E-state index in [1.54, 1.807) is 0 Å². The number of rotatable bonds is 44. The fraction of sp³-hybridized carbons (Fsp3) is 0.700. The lowest BCUT2D eigenvalue weighted by Gasteiger charge is -2.20. The molecule has 4 N–H and O–H groups in total. The summed E-state index contributed by atoms with van der Waals surface area (Å²) in [5, 5.41) is 8.91. The van der Waals surface area contributed by atoms with Gasteiger partial charge < -0.3 is 25.2 Å². The van der Waals surface area contributed by atoms with Gasteiger partial charge in [0.15, 0.2) is 6.10 Å². The Bertz CT molecular complexity index is 1320. The molecule has 356 valence electrons. The fourth-order valence-corrected chi connectivity index (χ4v) is 6.98. The molecule has 0 fully saturated rings. The first-order chi connectivity index (χ1) is 30.1. The van der Waals surface area contributed by atoms with E-state index in [1.807, 2.05) is 0 Å². The van der Waals surface area contributed by atoms with Crippen LogP contribution < -0.4 is 5.73 Å². The zero-order chi connectivity index (χ0) is 45.6. The van der Waals surface area contributed by atoms with E-state index < -0.39 is 51.1 Å². The zero-order valence-corrected chi connectivity index (χ0v) is 39.6. The highest BCUT2D eigenvalue weighted by Gasteiger charge is 2.28. The Hall–Kier alpha value is -3.08. The van der Waals surface area contributed by atoms with Crippen molar-refractivity contribution in [2.24, 2.45) is 5.73 Å². The molecule has 0 aromatic rings. The lowest BCUT2D eigenvalue weighted by molar-refractivity contribution is -0.161. The van der Waals surface area contributed by atoms with E-state index in [0.29, 0.717) is 12.8 Å². The molecule has 0 spiro atoms. The largest absolute Gasteiger partial charge is 0.480 e. The lowest BCUT2D eigenvalue weighted by atomic mass is 10.1. The summed E-state index contributed by atoms with van der Waals surface area (Å²) in [5.74, 6) is -2.43. The summed E-state index contributed by atoms with van der Waals surface area (Å²) >= 11 is 0. The van der Waals surface area contributed by atoms with Crippen LogP contribution in [0.1, 0.15) is 194 Å². The van der Waals surface area contributed by atoms with Crippen LogP contribution in [0.25, 0.3) is 0 Å². The van der Waals surface area contributed by atoms with E-state index in [-0.39, 0.29) is 19.4 Å². The van der Waals surface area contributed by atoms with Gasteiger partial charge in [0, 0.05) is 12.8 Å². The number of ether oxygens (including phenoxy) is 2. The molecule has 12 heteroatoms. The number of carbonyl (C=O) groups excluding carboxylic acids is 2. The molecule has 11 nitrogen and oxygen atoms in total. The van der Waals surface area contributed by atoms with Crippen LogP contribution in [0.2, 0.25) is 0 Å². The smallest absolute Gasteiger partial charge is 0.472 e. The van der Waals surface area contributed by atoms with Crippen molar-refractivity contribution in [3.63, 3.8) is 0 Å². The number of esters is 2. The van der Waals surface area contributed by atoms with E-state index in [2.05, 4.69) is 91.3 Å². The maximum absolute atomic E-state index is 12.7. The minimum atomic E-state index is -4.73. The van der Waals surface area contributed by atoms with Crippen LogP contribution in [0, 0.1) is 0 Å². The third-order valence-electron chi connectivity index (χ3n) is 9.94. The van der Waals surface area contributed by atoms with Crippen molar-refractivity contribution < 1.29 is 47.5 Å². The van der Waals surface area contributed by atoms with Crippen molar-refractivity contribution in [2.45, 2.75) is 206 Å². The third kappa shape index (κ3) is 43.6. The molecule has 0 aliphatic rings. The van der Waals surface area contributed by atoms with Gasteiger partial charge >= 0.3 is 25.7 Å². The Morgan fingerprint density at radius 1 is 0.516 bits per heavy atom. The van der Waals surface area contributed by atoms with Crippen molar-refractivity contribution in [3.8, 4) is 0 Å². The quantitative estimate of drug-likeness (QED) is 0.0230. The normalized spacial score (nSPS) is 14.3. The number of hydrogen-bond acceptors (Lipinski definition) is 9. The van der Waals surface area contributed by atoms with Crippen molar-refractivity contribution in [3.05, 3.63) is 72.9 Å². The topological polar surface area (TPSA) is 172 Å². The minimum Gasteiger partial charge on any atom is -0.480 e. The maximum atomic E-state index is 12.7. The van der Waals surface area contributed by atoms with Crippen LogP contribution in [-0.2, 0) is 37.5 Å². The predicted octanol–water partition coefficient (Wildman–Crippen LogP) is 13.3. The number of carboxylic acids is 1. The second-order valence-corrected chi connectivity index (χ2v) is 17.3. The van der Waals surface area contributed by atoms with Crippen molar-refractivity contribution >= 4 is 25.7 Å². The molecular weight excluding hydrogens is 806 g/mol. The monoisotopic (exact) mass is 892 g/mol. The molecule has 0 aliphatic carbocycles. The van der Waals surface area contributed by atoms with Gasteiger partial charge in [-0.1, -0.05) is 170 Å². The number of hydrogen-bond donors (Lipinski definition) is 3. The Labute approximate surface area is 376 Å². The lowest BCUT2D eigenvalue weighted by Crippen LogP contribution is -2.34. The highest BCUT2D eigenvalue weighted by Crippen LogP contribution is 2.43. The van der Waals surface area contributed by atoms with Gasteiger partial charge in [0.25, 0.3) is 0 Å². The summed E-state index contributed by atoms with van der Waals surface area (Å²) in [5.41, 5.74) is 5.34. The van der Waals surface area contributed by atoms with Crippen LogP contribution in [0.4, 0.5) is 0 Å². The minimum absolute atomic E-state index is 0.148.